The van der Waals surface area contributed by atoms with E-state index < -0.39 is 5.92 Å². The Labute approximate surface area is 185 Å². The first-order chi connectivity index (χ1) is 14.5. The molecule has 0 spiro atoms. The van der Waals surface area contributed by atoms with E-state index in [4.69, 9.17) is 16.3 Å². The highest BCUT2D eigenvalue weighted by Crippen LogP contribution is 2.46. The van der Waals surface area contributed by atoms with Gasteiger partial charge in [-0.1, -0.05) is 36.7 Å². The first-order valence-electron chi connectivity index (χ1n) is 10.2. The number of esters is 1. The van der Waals surface area contributed by atoms with E-state index >= 15 is 0 Å². The molecule has 1 N–H and O–H groups in total. The van der Waals surface area contributed by atoms with Gasteiger partial charge in [0.1, 0.15) is 0 Å². The van der Waals surface area contributed by atoms with Crippen LogP contribution in [0.3, 0.4) is 0 Å². The maximum Gasteiger partial charge on any atom is 0.336 e. The van der Waals surface area contributed by atoms with Gasteiger partial charge in [0, 0.05) is 45.1 Å². The highest BCUT2D eigenvalue weighted by molar-refractivity contribution is 7.10. The molecular formula is C24H24ClNO3S. The lowest BCUT2D eigenvalue weighted by Crippen LogP contribution is -2.36. The zero-order valence-electron chi connectivity index (χ0n) is 17.0. The summed E-state index contributed by atoms with van der Waals surface area (Å²) in [6.07, 6.45) is 1.94. The van der Waals surface area contributed by atoms with E-state index in [-0.39, 0.29) is 17.7 Å². The van der Waals surface area contributed by atoms with Crippen molar-refractivity contribution in [1.29, 1.82) is 0 Å². The number of allylic oxidation sites excluding steroid dienone is 3. The molecular weight excluding hydrogens is 418 g/mol. The van der Waals surface area contributed by atoms with Crippen LogP contribution in [0.4, 0.5) is 0 Å². The molecule has 0 saturated carbocycles. The fraction of sp³-hybridized carbons (Fsp3) is 0.333. The van der Waals surface area contributed by atoms with Crippen LogP contribution in [-0.2, 0) is 14.3 Å². The van der Waals surface area contributed by atoms with Crippen LogP contribution in [0.5, 0.6) is 0 Å². The Morgan fingerprint density at radius 1 is 1.23 bits per heavy atom. The van der Waals surface area contributed by atoms with Gasteiger partial charge in [-0.25, -0.2) is 4.79 Å². The highest BCUT2D eigenvalue weighted by Gasteiger charge is 2.41. The van der Waals surface area contributed by atoms with Gasteiger partial charge in [0.05, 0.1) is 12.2 Å². The second kappa shape index (κ2) is 8.78. The Kier molecular flexibility index (Phi) is 6.11. The van der Waals surface area contributed by atoms with Gasteiger partial charge in [-0.3, -0.25) is 4.79 Å². The monoisotopic (exact) mass is 441 g/mol. The summed E-state index contributed by atoms with van der Waals surface area (Å²) < 4.78 is 5.48. The van der Waals surface area contributed by atoms with Crippen molar-refractivity contribution in [3.8, 4) is 0 Å². The second-order valence-electron chi connectivity index (χ2n) is 7.72. The number of hydrogen-bond donors (Lipinski definition) is 1. The average Bonchev–Trinajstić information content (AvgIpc) is 3.26. The molecule has 2 unspecified atom stereocenters. The first-order valence-corrected chi connectivity index (χ1v) is 11.4. The molecule has 0 fully saturated rings. The number of carbonyl (C=O) groups excluding carboxylic acids is 2. The molecule has 0 amide bonds. The maximum absolute atomic E-state index is 13.4. The zero-order valence-corrected chi connectivity index (χ0v) is 18.6. The van der Waals surface area contributed by atoms with Gasteiger partial charge in [0.25, 0.3) is 0 Å². The average molecular weight is 442 g/mol. The lowest BCUT2D eigenvalue weighted by molar-refractivity contribution is -0.139. The topological polar surface area (TPSA) is 55.4 Å². The summed E-state index contributed by atoms with van der Waals surface area (Å²) in [5, 5.41) is 6.03. The van der Waals surface area contributed by atoms with Crippen LogP contribution >= 0.6 is 22.9 Å². The number of halogens is 1. The van der Waals surface area contributed by atoms with Crippen LogP contribution in [0.25, 0.3) is 0 Å². The summed E-state index contributed by atoms with van der Waals surface area (Å²) >= 11 is 7.78. The van der Waals surface area contributed by atoms with Crippen molar-refractivity contribution in [2.75, 3.05) is 6.61 Å². The number of Topliss-reactive ketones (excluding diaryl/α,β-unsaturated/α-hetero) is 1. The largest absolute Gasteiger partial charge is 0.462 e. The highest BCUT2D eigenvalue weighted by atomic mass is 35.5. The van der Waals surface area contributed by atoms with Crippen molar-refractivity contribution in [2.24, 2.45) is 0 Å². The Morgan fingerprint density at radius 2 is 2.00 bits per heavy atom. The summed E-state index contributed by atoms with van der Waals surface area (Å²) in [5.41, 5.74) is 3.72. The van der Waals surface area contributed by atoms with Crippen molar-refractivity contribution >= 4 is 34.7 Å². The fourth-order valence-electron chi connectivity index (χ4n) is 4.30. The van der Waals surface area contributed by atoms with E-state index in [0.29, 0.717) is 29.2 Å². The van der Waals surface area contributed by atoms with E-state index in [2.05, 4.69) is 11.4 Å². The minimum Gasteiger partial charge on any atom is -0.462 e. The van der Waals surface area contributed by atoms with E-state index in [9.17, 15) is 9.59 Å². The van der Waals surface area contributed by atoms with E-state index in [1.54, 1.807) is 23.5 Å². The predicted molar refractivity (Wildman–Crippen MR) is 120 cm³/mol. The summed E-state index contributed by atoms with van der Waals surface area (Å²) in [7, 11) is 0. The second-order valence-corrected chi connectivity index (χ2v) is 9.14. The molecule has 2 aliphatic rings. The Balaban J connectivity index is 1.78. The number of benzene rings is 1. The molecule has 1 aliphatic heterocycles. The number of ketones is 1. The van der Waals surface area contributed by atoms with Crippen LogP contribution in [-0.4, -0.2) is 18.4 Å². The summed E-state index contributed by atoms with van der Waals surface area (Å²) in [6.45, 7) is 4.19. The Bertz CT molecular complexity index is 1020. The van der Waals surface area contributed by atoms with E-state index in [1.165, 1.54) is 4.88 Å². The molecule has 4 rings (SSSR count). The van der Waals surface area contributed by atoms with Crippen molar-refractivity contribution < 1.29 is 14.3 Å². The molecule has 1 aliphatic carbocycles. The quantitative estimate of drug-likeness (QED) is 0.603. The van der Waals surface area contributed by atoms with E-state index in [0.717, 1.165) is 29.8 Å². The van der Waals surface area contributed by atoms with Crippen LogP contribution in [0.15, 0.2) is 64.3 Å². The summed E-state index contributed by atoms with van der Waals surface area (Å²) in [4.78, 5) is 27.6. The smallest absolute Gasteiger partial charge is 0.336 e. The molecule has 30 heavy (non-hydrogen) atoms. The molecule has 0 radical (unpaired) electrons. The number of thiophene rings is 1. The third-order valence-electron chi connectivity index (χ3n) is 5.63. The molecule has 2 aromatic rings. The molecule has 2 heterocycles. The Morgan fingerprint density at radius 3 is 2.67 bits per heavy atom. The molecule has 156 valence electrons. The predicted octanol–water partition coefficient (Wildman–Crippen LogP) is 5.72. The summed E-state index contributed by atoms with van der Waals surface area (Å²) in [6, 6.07) is 11.5. The molecule has 1 aromatic heterocycles. The standard InChI is InChI=1S/C24H24ClNO3S/c1-3-10-29-24(28)21-14(2)26-18-12-16(20-5-4-11-30-20)13-19(27)23(18)22(21)15-6-8-17(25)9-7-15/h4-9,11,16,22,26H,3,10,12-13H2,1-2H3. The number of rotatable bonds is 5. The first kappa shape index (κ1) is 20.9. The zero-order chi connectivity index (χ0) is 21.3. The van der Waals surface area contributed by atoms with Crippen LogP contribution < -0.4 is 5.32 Å². The van der Waals surface area contributed by atoms with Gasteiger partial charge in [-0.05, 0) is 48.9 Å². The van der Waals surface area contributed by atoms with E-state index in [1.807, 2.05) is 37.4 Å². The molecule has 4 nitrogen and oxygen atoms in total. The van der Waals surface area contributed by atoms with Crippen LogP contribution in [0.2, 0.25) is 5.02 Å². The summed E-state index contributed by atoms with van der Waals surface area (Å²) in [5.74, 6) is -0.576. The number of dihydropyridines is 1. The minimum atomic E-state index is -0.445. The normalized spacial score (nSPS) is 21.4. The maximum atomic E-state index is 13.4. The van der Waals surface area contributed by atoms with Gasteiger partial charge < -0.3 is 10.1 Å². The van der Waals surface area contributed by atoms with Crippen molar-refractivity contribution in [1.82, 2.24) is 5.32 Å². The Hall–Kier alpha value is -2.37. The number of hydrogen-bond acceptors (Lipinski definition) is 5. The third kappa shape index (κ3) is 3.96. The number of carbonyl (C=O) groups is 2. The van der Waals surface area contributed by atoms with Gasteiger partial charge in [-0.15, -0.1) is 11.3 Å². The lowest BCUT2D eigenvalue weighted by Gasteiger charge is -2.36. The molecule has 0 saturated heterocycles. The van der Waals surface area contributed by atoms with Crippen LogP contribution in [0.1, 0.15) is 55.4 Å². The fourth-order valence-corrected chi connectivity index (χ4v) is 5.25. The van der Waals surface area contributed by atoms with Crippen molar-refractivity contribution in [2.45, 2.75) is 44.9 Å². The SMILES string of the molecule is CCCOC(=O)C1=C(C)NC2=C(C(=O)CC(c3cccs3)C2)C1c1ccc(Cl)cc1. The van der Waals surface area contributed by atoms with Gasteiger partial charge in [-0.2, -0.15) is 0 Å². The molecule has 0 bridgehead atoms. The molecule has 6 heteroatoms. The van der Waals surface area contributed by atoms with Gasteiger partial charge >= 0.3 is 5.97 Å². The lowest BCUT2D eigenvalue weighted by atomic mass is 9.72. The van der Waals surface area contributed by atoms with Crippen molar-refractivity contribution in [3.05, 3.63) is 79.8 Å². The number of ether oxygens (including phenoxy) is 1. The molecule has 1 aromatic carbocycles. The minimum absolute atomic E-state index is 0.0791. The van der Waals surface area contributed by atoms with Gasteiger partial charge in [0.2, 0.25) is 0 Å². The van der Waals surface area contributed by atoms with Gasteiger partial charge in [0.15, 0.2) is 5.78 Å². The molecule has 2 atom stereocenters. The van der Waals surface area contributed by atoms with Crippen LogP contribution in [0, 0.1) is 0 Å². The number of nitrogens with one attached hydrogen (secondary N) is 1. The third-order valence-corrected chi connectivity index (χ3v) is 6.92. The van der Waals surface area contributed by atoms with Crippen molar-refractivity contribution in [3.63, 3.8) is 0 Å².